The van der Waals surface area contributed by atoms with E-state index in [9.17, 15) is 4.39 Å². The van der Waals surface area contributed by atoms with E-state index in [2.05, 4.69) is 13.8 Å². The van der Waals surface area contributed by atoms with E-state index < -0.39 is 0 Å². The molecule has 0 radical (unpaired) electrons. The summed E-state index contributed by atoms with van der Waals surface area (Å²) in [6.07, 6.45) is 0.871. The summed E-state index contributed by atoms with van der Waals surface area (Å²) >= 11 is 0. The molecular formula is C18H22FNO2. The zero-order valence-corrected chi connectivity index (χ0v) is 13.0. The molecule has 0 aliphatic carbocycles. The fourth-order valence-electron chi connectivity index (χ4n) is 2.17. The summed E-state index contributed by atoms with van der Waals surface area (Å²) in [5, 5.41) is 0. The van der Waals surface area contributed by atoms with Gasteiger partial charge < -0.3 is 15.2 Å². The van der Waals surface area contributed by atoms with Crippen LogP contribution >= 0.6 is 0 Å². The molecule has 4 heteroatoms. The number of hydrogen-bond donors (Lipinski definition) is 1. The van der Waals surface area contributed by atoms with Crippen LogP contribution in [0.2, 0.25) is 0 Å². The number of rotatable bonds is 7. The van der Waals surface area contributed by atoms with Crippen molar-refractivity contribution in [2.75, 3.05) is 6.61 Å². The summed E-state index contributed by atoms with van der Waals surface area (Å²) in [6, 6.07) is 13.4. The molecule has 0 saturated carbocycles. The Morgan fingerprint density at radius 1 is 1.05 bits per heavy atom. The molecule has 0 heterocycles. The van der Waals surface area contributed by atoms with Crippen LogP contribution in [0, 0.1) is 11.7 Å². The number of halogens is 1. The van der Waals surface area contributed by atoms with Gasteiger partial charge in [-0.15, -0.1) is 0 Å². The van der Waals surface area contributed by atoms with E-state index >= 15 is 0 Å². The highest BCUT2D eigenvalue weighted by Gasteiger charge is 2.11. The Labute approximate surface area is 130 Å². The van der Waals surface area contributed by atoms with Crippen LogP contribution in [0.5, 0.6) is 17.2 Å². The maximum Gasteiger partial charge on any atom is 0.172 e. The van der Waals surface area contributed by atoms with Crippen LogP contribution in [-0.4, -0.2) is 12.6 Å². The third-order valence-electron chi connectivity index (χ3n) is 3.10. The van der Waals surface area contributed by atoms with Crippen molar-refractivity contribution in [3.8, 4) is 17.2 Å². The van der Waals surface area contributed by atoms with Crippen molar-refractivity contribution in [3.05, 3.63) is 54.3 Å². The molecule has 0 unspecified atom stereocenters. The predicted octanol–water partition coefficient (Wildman–Crippen LogP) is 4.37. The number of benzene rings is 2. The average molecular weight is 303 g/mol. The molecule has 0 amide bonds. The van der Waals surface area contributed by atoms with Crippen molar-refractivity contribution in [2.24, 2.45) is 11.7 Å². The Bertz CT molecular complexity index is 587. The molecule has 0 aliphatic rings. The van der Waals surface area contributed by atoms with Crippen LogP contribution in [0.1, 0.15) is 20.3 Å². The highest BCUT2D eigenvalue weighted by Crippen LogP contribution is 2.32. The Hall–Kier alpha value is -2.07. The second-order valence-electron chi connectivity index (χ2n) is 5.71. The number of para-hydroxylation sites is 1. The molecule has 118 valence electrons. The molecule has 0 fully saturated rings. The molecule has 2 N–H and O–H groups in total. The highest BCUT2D eigenvalue weighted by atomic mass is 19.1. The monoisotopic (exact) mass is 303 g/mol. The van der Waals surface area contributed by atoms with Gasteiger partial charge in [-0.1, -0.05) is 32.0 Å². The molecule has 0 aromatic heterocycles. The van der Waals surface area contributed by atoms with Gasteiger partial charge >= 0.3 is 0 Å². The second kappa shape index (κ2) is 7.80. The first-order chi connectivity index (χ1) is 10.5. The Balaban J connectivity index is 2.07. The smallest absolute Gasteiger partial charge is 0.172 e. The molecule has 0 aliphatic heterocycles. The van der Waals surface area contributed by atoms with E-state index in [1.54, 1.807) is 18.2 Å². The van der Waals surface area contributed by atoms with Gasteiger partial charge in [0.2, 0.25) is 0 Å². The number of nitrogens with two attached hydrogens (primary N) is 1. The summed E-state index contributed by atoms with van der Waals surface area (Å²) in [6.45, 7) is 4.60. The lowest BCUT2D eigenvalue weighted by atomic mass is 10.1. The summed E-state index contributed by atoms with van der Waals surface area (Å²) in [7, 11) is 0. The lowest BCUT2D eigenvalue weighted by Gasteiger charge is -2.17. The first-order valence-corrected chi connectivity index (χ1v) is 7.45. The molecule has 2 aromatic rings. The SMILES string of the molecule is CC(C)C[C@H](N)COc1ccc(F)cc1Oc1ccccc1. The van der Waals surface area contributed by atoms with Gasteiger partial charge in [-0.25, -0.2) is 4.39 Å². The van der Waals surface area contributed by atoms with Crippen molar-refractivity contribution in [2.45, 2.75) is 26.3 Å². The van der Waals surface area contributed by atoms with Crippen LogP contribution < -0.4 is 15.2 Å². The average Bonchev–Trinajstić information content (AvgIpc) is 2.47. The van der Waals surface area contributed by atoms with Crippen LogP contribution in [0.25, 0.3) is 0 Å². The molecule has 2 aromatic carbocycles. The molecule has 2 rings (SSSR count). The minimum Gasteiger partial charge on any atom is -0.488 e. The molecule has 0 bridgehead atoms. The van der Waals surface area contributed by atoms with Crippen molar-refractivity contribution < 1.29 is 13.9 Å². The molecular weight excluding hydrogens is 281 g/mol. The minimum absolute atomic E-state index is 0.0605. The number of hydrogen-bond acceptors (Lipinski definition) is 3. The first kappa shape index (κ1) is 16.3. The first-order valence-electron chi connectivity index (χ1n) is 7.45. The zero-order chi connectivity index (χ0) is 15.9. The second-order valence-corrected chi connectivity index (χ2v) is 5.71. The van der Waals surface area contributed by atoms with E-state index in [0.717, 1.165) is 6.42 Å². The molecule has 0 saturated heterocycles. The lowest BCUT2D eigenvalue weighted by Crippen LogP contribution is -2.29. The maximum atomic E-state index is 13.5. The fraction of sp³-hybridized carbons (Fsp3) is 0.333. The topological polar surface area (TPSA) is 44.5 Å². The summed E-state index contributed by atoms with van der Waals surface area (Å²) < 4.78 is 24.9. The summed E-state index contributed by atoms with van der Waals surface area (Å²) in [5.74, 6) is 1.61. The van der Waals surface area contributed by atoms with E-state index in [0.29, 0.717) is 29.8 Å². The fourth-order valence-corrected chi connectivity index (χ4v) is 2.17. The van der Waals surface area contributed by atoms with Crippen LogP contribution in [0.3, 0.4) is 0 Å². The lowest BCUT2D eigenvalue weighted by molar-refractivity contribution is 0.261. The summed E-state index contributed by atoms with van der Waals surface area (Å²) in [4.78, 5) is 0. The summed E-state index contributed by atoms with van der Waals surface area (Å²) in [5.41, 5.74) is 6.02. The van der Waals surface area contributed by atoms with Gasteiger partial charge in [0.05, 0.1) is 0 Å². The van der Waals surface area contributed by atoms with Crippen molar-refractivity contribution >= 4 is 0 Å². The largest absolute Gasteiger partial charge is 0.488 e. The van der Waals surface area contributed by atoms with Gasteiger partial charge in [0.1, 0.15) is 18.2 Å². The molecule has 22 heavy (non-hydrogen) atoms. The van der Waals surface area contributed by atoms with E-state index in [-0.39, 0.29) is 11.9 Å². The molecule has 0 spiro atoms. The minimum atomic E-state index is -0.371. The van der Waals surface area contributed by atoms with Crippen LogP contribution in [0.4, 0.5) is 4.39 Å². The Morgan fingerprint density at radius 2 is 1.77 bits per heavy atom. The van der Waals surface area contributed by atoms with E-state index in [4.69, 9.17) is 15.2 Å². The Kier molecular flexibility index (Phi) is 5.78. The van der Waals surface area contributed by atoms with Gasteiger partial charge in [0.15, 0.2) is 11.5 Å². The van der Waals surface area contributed by atoms with Gasteiger partial charge in [0.25, 0.3) is 0 Å². The molecule has 3 nitrogen and oxygen atoms in total. The van der Waals surface area contributed by atoms with Gasteiger partial charge in [-0.05, 0) is 36.6 Å². The number of ether oxygens (including phenoxy) is 2. The van der Waals surface area contributed by atoms with Gasteiger partial charge in [0, 0.05) is 12.1 Å². The van der Waals surface area contributed by atoms with E-state index in [1.165, 1.54) is 12.1 Å². The van der Waals surface area contributed by atoms with Crippen LogP contribution in [-0.2, 0) is 0 Å². The zero-order valence-electron chi connectivity index (χ0n) is 13.0. The third kappa shape index (κ3) is 5.04. The quantitative estimate of drug-likeness (QED) is 0.826. The van der Waals surface area contributed by atoms with Gasteiger partial charge in [-0.2, -0.15) is 0 Å². The van der Waals surface area contributed by atoms with Gasteiger partial charge in [-0.3, -0.25) is 0 Å². The van der Waals surface area contributed by atoms with Crippen molar-refractivity contribution in [1.29, 1.82) is 0 Å². The molecule has 1 atom stereocenters. The highest BCUT2D eigenvalue weighted by molar-refractivity contribution is 5.43. The normalized spacial score (nSPS) is 12.2. The standard InChI is InChI=1S/C18H22FNO2/c1-13(2)10-15(20)12-21-17-9-8-14(19)11-18(17)22-16-6-4-3-5-7-16/h3-9,11,13,15H,10,12,20H2,1-2H3/t15-/m0/s1. The van der Waals surface area contributed by atoms with Crippen LogP contribution in [0.15, 0.2) is 48.5 Å². The van der Waals surface area contributed by atoms with E-state index in [1.807, 2.05) is 18.2 Å². The van der Waals surface area contributed by atoms with Crippen molar-refractivity contribution in [3.63, 3.8) is 0 Å². The predicted molar refractivity (Wildman–Crippen MR) is 85.8 cm³/mol. The Morgan fingerprint density at radius 3 is 2.45 bits per heavy atom. The maximum absolute atomic E-state index is 13.5. The van der Waals surface area contributed by atoms with Crippen molar-refractivity contribution in [1.82, 2.24) is 0 Å². The third-order valence-corrected chi connectivity index (χ3v) is 3.10.